The van der Waals surface area contributed by atoms with Crippen LogP contribution < -0.4 is 9.47 Å². The van der Waals surface area contributed by atoms with E-state index in [9.17, 15) is 22.4 Å². The summed E-state index contributed by atoms with van der Waals surface area (Å²) in [4.78, 5) is 11.3. The molecule has 27 heavy (non-hydrogen) atoms. The lowest BCUT2D eigenvalue weighted by Gasteiger charge is -2.34. The first-order chi connectivity index (χ1) is 12.5. The Morgan fingerprint density at radius 1 is 1.19 bits per heavy atom. The number of benzene rings is 2. The highest BCUT2D eigenvalue weighted by Crippen LogP contribution is 2.50. The number of hydrogen-bond donors (Lipinski definition) is 1. The third-order valence-corrected chi connectivity index (χ3v) is 4.35. The van der Waals surface area contributed by atoms with Crippen LogP contribution >= 0.6 is 23.2 Å². The Morgan fingerprint density at radius 3 is 2.48 bits per heavy atom. The van der Waals surface area contributed by atoms with E-state index >= 15 is 0 Å². The molecule has 0 saturated heterocycles. The van der Waals surface area contributed by atoms with E-state index in [2.05, 4.69) is 0 Å². The van der Waals surface area contributed by atoms with Gasteiger partial charge in [-0.1, -0.05) is 29.3 Å². The van der Waals surface area contributed by atoms with E-state index in [4.69, 9.17) is 37.8 Å². The molecule has 0 spiro atoms. The summed E-state index contributed by atoms with van der Waals surface area (Å²) in [5.41, 5.74) is -1.39. The molecule has 2 aromatic rings. The summed E-state index contributed by atoms with van der Waals surface area (Å²) in [6.45, 7) is 0. The number of aliphatic carboxylic acids is 1. The van der Waals surface area contributed by atoms with Gasteiger partial charge in [-0.3, -0.25) is 0 Å². The Morgan fingerprint density at radius 2 is 1.89 bits per heavy atom. The largest absolute Gasteiger partial charge is 0.478 e. The van der Waals surface area contributed by atoms with Crippen molar-refractivity contribution in [1.29, 1.82) is 0 Å². The molecule has 0 saturated carbocycles. The second-order valence-electron chi connectivity index (χ2n) is 5.40. The number of halogens is 6. The number of carbonyl (C=O) groups is 1. The predicted octanol–water partition coefficient (Wildman–Crippen LogP) is 5.63. The monoisotopic (exact) mass is 422 g/mol. The van der Waals surface area contributed by atoms with Gasteiger partial charge in [0.15, 0.2) is 11.6 Å². The number of carboxylic acid groups (broad SMARTS) is 1. The molecule has 1 aliphatic heterocycles. The molecule has 1 unspecified atom stereocenters. The van der Waals surface area contributed by atoms with E-state index in [-0.39, 0.29) is 27.8 Å². The Kier molecular flexibility index (Phi) is 4.73. The van der Waals surface area contributed by atoms with E-state index in [1.54, 1.807) is 0 Å². The van der Waals surface area contributed by atoms with Crippen molar-refractivity contribution in [3.63, 3.8) is 0 Å². The van der Waals surface area contributed by atoms with E-state index < -0.39 is 28.6 Å². The average molecular weight is 423 g/mol. The Balaban J connectivity index is 2.11. The quantitative estimate of drug-likeness (QED) is 0.514. The van der Waals surface area contributed by atoms with Crippen molar-refractivity contribution in [1.82, 2.24) is 0 Å². The summed E-state index contributed by atoms with van der Waals surface area (Å²) in [6, 6.07) is 7.28. The summed E-state index contributed by atoms with van der Waals surface area (Å²) >= 11 is 11.1. The molecule has 1 heterocycles. The Labute approximate surface area is 159 Å². The molecular formula is C17H8Cl2F4O4. The maximum absolute atomic E-state index is 13.9. The van der Waals surface area contributed by atoms with Crippen molar-refractivity contribution in [2.45, 2.75) is 11.2 Å². The lowest BCUT2D eigenvalue weighted by molar-refractivity contribution is -0.204. The molecule has 0 aromatic heterocycles. The van der Waals surface area contributed by atoms with Crippen molar-refractivity contribution >= 4 is 35.2 Å². The molecule has 1 atom stereocenters. The average Bonchev–Trinajstić information content (AvgIpc) is 2.55. The van der Waals surface area contributed by atoms with Gasteiger partial charge in [-0.25, -0.2) is 9.18 Å². The first-order valence-corrected chi connectivity index (χ1v) is 7.94. The minimum absolute atomic E-state index is 0.114. The van der Waals surface area contributed by atoms with Crippen molar-refractivity contribution in [2.75, 3.05) is 0 Å². The molecule has 2 aromatic carbocycles. The SMILES string of the molecule is O=C(O)C1=Cc2c(Oc3ccc(Cl)cc3F)cccc2OC1(Cl)C(F)(F)F. The van der Waals surface area contributed by atoms with Crippen molar-refractivity contribution in [3.05, 3.63) is 58.4 Å². The second-order valence-corrected chi connectivity index (χ2v) is 6.37. The van der Waals surface area contributed by atoms with Gasteiger partial charge < -0.3 is 14.6 Å². The molecule has 4 nitrogen and oxygen atoms in total. The van der Waals surface area contributed by atoms with Crippen LogP contribution in [-0.4, -0.2) is 22.3 Å². The molecule has 0 amide bonds. The maximum Gasteiger partial charge on any atom is 0.448 e. The van der Waals surface area contributed by atoms with Crippen LogP contribution in [0, 0.1) is 5.82 Å². The first-order valence-electron chi connectivity index (χ1n) is 7.19. The highest BCUT2D eigenvalue weighted by molar-refractivity contribution is 6.30. The molecule has 10 heteroatoms. The van der Waals surface area contributed by atoms with Gasteiger partial charge in [-0.2, -0.15) is 13.2 Å². The smallest absolute Gasteiger partial charge is 0.448 e. The minimum Gasteiger partial charge on any atom is -0.478 e. The van der Waals surface area contributed by atoms with Crippen molar-refractivity contribution in [3.8, 4) is 17.2 Å². The second kappa shape index (κ2) is 6.61. The number of alkyl halides is 4. The summed E-state index contributed by atoms with van der Waals surface area (Å²) in [6.07, 6.45) is -4.53. The normalized spacial score (nSPS) is 19.0. The van der Waals surface area contributed by atoms with Crippen LogP contribution in [0.1, 0.15) is 5.56 Å². The van der Waals surface area contributed by atoms with E-state index in [1.807, 2.05) is 0 Å². The van der Waals surface area contributed by atoms with E-state index in [1.165, 1.54) is 24.3 Å². The fourth-order valence-corrected chi connectivity index (χ4v) is 2.75. The van der Waals surface area contributed by atoms with Gasteiger partial charge in [0.1, 0.15) is 17.1 Å². The Bertz CT molecular complexity index is 958. The standard InChI is InChI=1S/C17H8Cl2F4O4/c18-8-4-5-14(11(20)6-8)26-12-2-1-3-13-9(12)7-10(15(24)25)16(19,27-13)17(21,22)23/h1-7H,(H,24,25). The fraction of sp³-hybridized carbons (Fsp3) is 0.118. The van der Waals surface area contributed by atoms with Crippen LogP contribution in [0.5, 0.6) is 17.2 Å². The highest BCUT2D eigenvalue weighted by atomic mass is 35.5. The van der Waals surface area contributed by atoms with E-state index in [0.717, 1.165) is 12.1 Å². The van der Waals surface area contributed by atoms with Gasteiger partial charge in [-0.15, -0.1) is 0 Å². The summed E-state index contributed by atoms with van der Waals surface area (Å²) in [5, 5.41) is 5.71. The summed E-state index contributed by atoms with van der Waals surface area (Å²) in [7, 11) is 0. The molecule has 1 N–H and O–H groups in total. The fourth-order valence-electron chi connectivity index (χ4n) is 2.37. The van der Waals surface area contributed by atoms with Gasteiger partial charge in [0.05, 0.1) is 5.56 Å². The van der Waals surface area contributed by atoms with Gasteiger partial charge in [0.25, 0.3) is 0 Å². The van der Waals surface area contributed by atoms with Crippen LogP contribution in [0.4, 0.5) is 17.6 Å². The number of ether oxygens (including phenoxy) is 2. The Hall–Kier alpha value is -2.45. The lowest BCUT2D eigenvalue weighted by atomic mass is 10.00. The predicted molar refractivity (Wildman–Crippen MR) is 88.8 cm³/mol. The zero-order valence-electron chi connectivity index (χ0n) is 13.0. The molecule has 0 bridgehead atoms. The van der Waals surface area contributed by atoms with Gasteiger partial charge in [-0.05, 0) is 36.4 Å². The minimum atomic E-state index is -5.21. The summed E-state index contributed by atoms with van der Waals surface area (Å²) < 4.78 is 64.0. The van der Waals surface area contributed by atoms with Gasteiger partial charge in [0, 0.05) is 5.02 Å². The number of fused-ring (bicyclic) bond motifs is 1. The molecule has 0 fully saturated rings. The van der Waals surface area contributed by atoms with Crippen LogP contribution in [0.25, 0.3) is 6.08 Å². The molecule has 1 aliphatic rings. The number of rotatable bonds is 3. The number of hydrogen-bond acceptors (Lipinski definition) is 3. The first kappa shape index (κ1) is 19.3. The van der Waals surface area contributed by atoms with Crippen LogP contribution in [-0.2, 0) is 4.79 Å². The molecule has 3 rings (SSSR count). The molecular weight excluding hydrogens is 415 g/mol. The highest BCUT2D eigenvalue weighted by Gasteiger charge is 2.62. The van der Waals surface area contributed by atoms with Gasteiger partial charge >= 0.3 is 17.2 Å². The topological polar surface area (TPSA) is 55.8 Å². The molecule has 0 radical (unpaired) electrons. The lowest BCUT2D eigenvalue weighted by Crippen LogP contribution is -2.50. The zero-order chi connectivity index (χ0) is 20.0. The molecule has 0 aliphatic carbocycles. The summed E-state index contributed by atoms with van der Waals surface area (Å²) in [5.74, 6) is -3.52. The van der Waals surface area contributed by atoms with Crippen molar-refractivity contribution in [2.24, 2.45) is 0 Å². The third kappa shape index (κ3) is 3.42. The molecule has 142 valence electrons. The van der Waals surface area contributed by atoms with Gasteiger partial charge in [0.2, 0.25) is 0 Å². The van der Waals surface area contributed by atoms with Crippen LogP contribution in [0.15, 0.2) is 42.0 Å². The van der Waals surface area contributed by atoms with E-state index in [0.29, 0.717) is 6.08 Å². The maximum atomic E-state index is 13.9. The number of carboxylic acids is 1. The van der Waals surface area contributed by atoms with Crippen LogP contribution in [0.3, 0.4) is 0 Å². The van der Waals surface area contributed by atoms with Crippen LogP contribution in [0.2, 0.25) is 5.02 Å². The van der Waals surface area contributed by atoms with Crippen molar-refractivity contribution < 1.29 is 36.9 Å². The third-order valence-electron chi connectivity index (χ3n) is 3.62. The zero-order valence-corrected chi connectivity index (χ0v) is 14.5.